The predicted molar refractivity (Wildman–Crippen MR) is 80.9 cm³/mol. The third kappa shape index (κ3) is 4.58. The number of aromatic nitrogens is 2. The minimum Gasteiger partial charge on any atom is -0.354 e. The molecule has 0 spiro atoms. The number of nitrogens with one attached hydrogen (secondary N) is 1. The summed E-state index contributed by atoms with van der Waals surface area (Å²) in [7, 11) is 3.37. The van der Waals surface area contributed by atoms with E-state index in [9.17, 15) is 0 Å². The highest BCUT2D eigenvalue weighted by Crippen LogP contribution is 2.12. The van der Waals surface area contributed by atoms with Gasteiger partial charge in [-0.15, -0.1) is 0 Å². The summed E-state index contributed by atoms with van der Waals surface area (Å²) in [6.07, 6.45) is 2.66. The Morgan fingerprint density at radius 3 is 2.45 bits per heavy atom. The SMILES string of the molecule is CCCNC(Cc1cc(CC)nn1CC)C(OC)OC. The first kappa shape index (κ1) is 17.1. The van der Waals surface area contributed by atoms with Gasteiger partial charge in [-0.3, -0.25) is 4.68 Å². The molecule has 1 aromatic heterocycles. The second-order valence-electron chi connectivity index (χ2n) is 4.90. The van der Waals surface area contributed by atoms with Gasteiger partial charge < -0.3 is 14.8 Å². The smallest absolute Gasteiger partial charge is 0.172 e. The molecule has 1 aromatic rings. The van der Waals surface area contributed by atoms with Crippen LogP contribution >= 0.6 is 0 Å². The lowest BCUT2D eigenvalue weighted by atomic mass is 10.1. The van der Waals surface area contributed by atoms with Crippen LogP contribution in [-0.2, 0) is 28.9 Å². The highest BCUT2D eigenvalue weighted by atomic mass is 16.7. The number of ether oxygens (including phenoxy) is 2. The lowest BCUT2D eigenvalue weighted by molar-refractivity contribution is -0.122. The molecule has 0 aliphatic heterocycles. The molecule has 0 saturated heterocycles. The molecule has 0 radical (unpaired) electrons. The van der Waals surface area contributed by atoms with Gasteiger partial charge in [0.25, 0.3) is 0 Å². The van der Waals surface area contributed by atoms with Gasteiger partial charge in [0.2, 0.25) is 0 Å². The monoisotopic (exact) mass is 283 g/mol. The number of hydrogen-bond acceptors (Lipinski definition) is 4. The number of nitrogens with zero attached hydrogens (tertiary/aromatic N) is 2. The highest BCUT2D eigenvalue weighted by molar-refractivity contribution is 5.12. The van der Waals surface area contributed by atoms with Crippen LogP contribution < -0.4 is 5.32 Å². The maximum absolute atomic E-state index is 5.42. The summed E-state index contributed by atoms with van der Waals surface area (Å²) in [6, 6.07) is 2.32. The molecule has 1 rings (SSSR count). The summed E-state index contributed by atoms with van der Waals surface area (Å²) in [6.45, 7) is 8.25. The first-order valence-corrected chi connectivity index (χ1v) is 7.54. The summed E-state index contributed by atoms with van der Waals surface area (Å²) in [5.41, 5.74) is 2.37. The number of methoxy groups -OCH3 is 2. The van der Waals surface area contributed by atoms with Gasteiger partial charge in [-0.2, -0.15) is 5.10 Å². The molecule has 0 fully saturated rings. The van der Waals surface area contributed by atoms with Crippen LogP contribution in [0, 0.1) is 0 Å². The Morgan fingerprint density at radius 2 is 1.95 bits per heavy atom. The van der Waals surface area contributed by atoms with Crippen LogP contribution in [0.25, 0.3) is 0 Å². The van der Waals surface area contributed by atoms with Crippen molar-refractivity contribution >= 4 is 0 Å². The summed E-state index contributed by atoms with van der Waals surface area (Å²) in [4.78, 5) is 0. The Kier molecular flexibility index (Phi) is 7.80. The van der Waals surface area contributed by atoms with Crippen LogP contribution in [0.5, 0.6) is 0 Å². The van der Waals surface area contributed by atoms with E-state index in [2.05, 4.69) is 41.9 Å². The first-order chi connectivity index (χ1) is 9.69. The van der Waals surface area contributed by atoms with Crippen LogP contribution in [0.3, 0.4) is 0 Å². The summed E-state index contributed by atoms with van der Waals surface area (Å²) >= 11 is 0. The van der Waals surface area contributed by atoms with E-state index in [1.807, 2.05) is 0 Å². The highest BCUT2D eigenvalue weighted by Gasteiger charge is 2.22. The second kappa shape index (κ2) is 9.10. The molecule has 0 aliphatic rings. The standard InChI is InChI=1S/C15H29N3O2/c1-6-9-16-14(15(19-4)20-5)11-13-10-12(7-2)17-18(13)8-3/h10,14-16H,6-9,11H2,1-5H3. The normalized spacial score (nSPS) is 13.1. The lowest BCUT2D eigenvalue weighted by Crippen LogP contribution is -2.44. The molecule has 0 aromatic carbocycles. The third-order valence-electron chi connectivity index (χ3n) is 3.45. The molecule has 20 heavy (non-hydrogen) atoms. The molecule has 5 nitrogen and oxygen atoms in total. The van der Waals surface area contributed by atoms with E-state index < -0.39 is 0 Å². The van der Waals surface area contributed by atoms with Crippen LogP contribution in [0.2, 0.25) is 0 Å². The van der Waals surface area contributed by atoms with Gasteiger partial charge in [-0.05, 0) is 32.4 Å². The molecule has 116 valence electrons. The van der Waals surface area contributed by atoms with E-state index in [1.54, 1.807) is 14.2 Å². The van der Waals surface area contributed by atoms with Crippen LogP contribution in [-0.4, -0.2) is 42.9 Å². The summed E-state index contributed by atoms with van der Waals surface area (Å²) < 4.78 is 12.9. The molecular formula is C15H29N3O2. The molecule has 0 saturated carbocycles. The largest absolute Gasteiger partial charge is 0.354 e. The predicted octanol–water partition coefficient (Wildman–Crippen LogP) is 1.99. The van der Waals surface area contributed by atoms with E-state index in [-0.39, 0.29) is 12.3 Å². The van der Waals surface area contributed by atoms with E-state index >= 15 is 0 Å². The average molecular weight is 283 g/mol. The zero-order chi connectivity index (χ0) is 15.0. The van der Waals surface area contributed by atoms with Gasteiger partial charge in [0, 0.05) is 32.9 Å². The number of aryl methyl sites for hydroxylation is 2. The van der Waals surface area contributed by atoms with Gasteiger partial charge in [0.15, 0.2) is 6.29 Å². The molecule has 1 N–H and O–H groups in total. The van der Waals surface area contributed by atoms with Crippen molar-refractivity contribution in [2.75, 3.05) is 20.8 Å². The van der Waals surface area contributed by atoms with Crippen molar-refractivity contribution in [3.8, 4) is 0 Å². The molecule has 0 bridgehead atoms. The third-order valence-corrected chi connectivity index (χ3v) is 3.45. The maximum atomic E-state index is 5.42. The number of rotatable bonds is 10. The maximum Gasteiger partial charge on any atom is 0.172 e. The van der Waals surface area contributed by atoms with Gasteiger partial charge in [0.1, 0.15) is 0 Å². The molecule has 5 heteroatoms. The summed E-state index contributed by atoms with van der Waals surface area (Å²) in [5.74, 6) is 0. The first-order valence-electron chi connectivity index (χ1n) is 7.54. The molecule has 1 heterocycles. The van der Waals surface area contributed by atoms with Gasteiger partial charge in [-0.1, -0.05) is 13.8 Å². The van der Waals surface area contributed by atoms with E-state index in [4.69, 9.17) is 9.47 Å². The molecule has 0 aliphatic carbocycles. The van der Waals surface area contributed by atoms with Gasteiger partial charge >= 0.3 is 0 Å². The van der Waals surface area contributed by atoms with E-state index in [0.717, 1.165) is 38.0 Å². The van der Waals surface area contributed by atoms with Crippen molar-refractivity contribution in [3.05, 3.63) is 17.5 Å². The van der Waals surface area contributed by atoms with Crippen LogP contribution in [0.4, 0.5) is 0 Å². The quantitative estimate of drug-likeness (QED) is 0.667. The molecular weight excluding hydrogens is 254 g/mol. The topological polar surface area (TPSA) is 48.3 Å². The lowest BCUT2D eigenvalue weighted by Gasteiger charge is -2.26. The average Bonchev–Trinajstić information content (AvgIpc) is 2.87. The summed E-state index contributed by atoms with van der Waals surface area (Å²) in [5, 5.41) is 8.11. The molecule has 0 amide bonds. The fourth-order valence-corrected chi connectivity index (χ4v) is 2.37. The Labute approximate surface area is 122 Å². The Hall–Kier alpha value is -0.910. The Balaban J connectivity index is 2.84. The van der Waals surface area contributed by atoms with Crippen LogP contribution in [0.15, 0.2) is 6.07 Å². The van der Waals surface area contributed by atoms with Crippen molar-refractivity contribution in [2.24, 2.45) is 0 Å². The van der Waals surface area contributed by atoms with Gasteiger partial charge in [-0.25, -0.2) is 0 Å². The van der Waals surface area contributed by atoms with Crippen molar-refractivity contribution in [2.45, 2.75) is 58.9 Å². The van der Waals surface area contributed by atoms with Crippen molar-refractivity contribution in [3.63, 3.8) is 0 Å². The number of hydrogen-bond donors (Lipinski definition) is 1. The Bertz CT molecular complexity index is 375. The minimum atomic E-state index is -0.244. The van der Waals surface area contributed by atoms with Crippen molar-refractivity contribution in [1.29, 1.82) is 0 Å². The van der Waals surface area contributed by atoms with E-state index in [1.165, 1.54) is 5.69 Å². The fraction of sp³-hybridized carbons (Fsp3) is 0.800. The van der Waals surface area contributed by atoms with E-state index in [0.29, 0.717) is 0 Å². The van der Waals surface area contributed by atoms with Gasteiger partial charge in [0.05, 0.1) is 11.7 Å². The zero-order valence-corrected chi connectivity index (χ0v) is 13.5. The zero-order valence-electron chi connectivity index (χ0n) is 13.5. The van der Waals surface area contributed by atoms with Crippen molar-refractivity contribution in [1.82, 2.24) is 15.1 Å². The fourth-order valence-electron chi connectivity index (χ4n) is 2.37. The molecule has 1 atom stereocenters. The van der Waals surface area contributed by atoms with Crippen molar-refractivity contribution < 1.29 is 9.47 Å². The Morgan fingerprint density at radius 1 is 1.25 bits per heavy atom. The molecule has 1 unspecified atom stereocenters. The van der Waals surface area contributed by atoms with Crippen LogP contribution in [0.1, 0.15) is 38.6 Å². The second-order valence-corrected chi connectivity index (χ2v) is 4.90. The minimum absolute atomic E-state index is 0.136.